The summed E-state index contributed by atoms with van der Waals surface area (Å²) in [5, 5.41) is 35.8. The third-order valence-electron chi connectivity index (χ3n) is 1.80. The summed E-state index contributed by atoms with van der Waals surface area (Å²) < 4.78 is 0. The van der Waals surface area contributed by atoms with E-state index in [9.17, 15) is 15.0 Å². The fourth-order valence-electron chi connectivity index (χ4n) is 1.13. The Morgan fingerprint density at radius 2 is 2.07 bits per heavy atom. The van der Waals surface area contributed by atoms with E-state index in [2.05, 4.69) is 0 Å². The van der Waals surface area contributed by atoms with Crippen LogP contribution in [0.4, 0.5) is 0 Å². The summed E-state index contributed by atoms with van der Waals surface area (Å²) in [6.07, 6.45) is 0. The SMILES string of the molecule is Cc1cc(O)c(C(=O)O)c(O)c1C#N. The lowest BCUT2D eigenvalue weighted by Crippen LogP contribution is -2.00. The Morgan fingerprint density at radius 3 is 2.50 bits per heavy atom. The summed E-state index contributed by atoms with van der Waals surface area (Å²) in [7, 11) is 0. The maximum absolute atomic E-state index is 10.6. The van der Waals surface area contributed by atoms with E-state index in [0.29, 0.717) is 5.56 Å². The number of rotatable bonds is 1. The van der Waals surface area contributed by atoms with Crippen LogP contribution in [0.1, 0.15) is 21.5 Å². The molecule has 0 aromatic heterocycles. The first-order valence-corrected chi connectivity index (χ1v) is 3.68. The number of hydrogen-bond acceptors (Lipinski definition) is 4. The summed E-state index contributed by atoms with van der Waals surface area (Å²) >= 11 is 0. The third kappa shape index (κ3) is 1.33. The predicted octanol–water partition coefficient (Wildman–Crippen LogP) is 0.976. The van der Waals surface area contributed by atoms with Crippen LogP contribution in [0.2, 0.25) is 0 Å². The van der Waals surface area contributed by atoms with E-state index >= 15 is 0 Å². The van der Waals surface area contributed by atoms with Crippen LogP contribution in [0, 0.1) is 18.3 Å². The average molecular weight is 193 g/mol. The zero-order chi connectivity index (χ0) is 10.9. The van der Waals surface area contributed by atoms with Gasteiger partial charge in [0.05, 0.1) is 5.56 Å². The highest BCUT2D eigenvalue weighted by Gasteiger charge is 2.20. The topological polar surface area (TPSA) is 102 Å². The van der Waals surface area contributed by atoms with Gasteiger partial charge in [-0.2, -0.15) is 5.26 Å². The molecule has 3 N–H and O–H groups in total. The minimum absolute atomic E-state index is 0.139. The number of aryl methyl sites for hydroxylation is 1. The van der Waals surface area contributed by atoms with Gasteiger partial charge < -0.3 is 15.3 Å². The quantitative estimate of drug-likeness (QED) is 0.616. The lowest BCUT2D eigenvalue weighted by atomic mass is 10.0. The van der Waals surface area contributed by atoms with Crippen molar-refractivity contribution in [2.75, 3.05) is 0 Å². The van der Waals surface area contributed by atoms with Gasteiger partial charge in [-0.15, -0.1) is 0 Å². The number of aromatic carboxylic acids is 1. The molecular weight excluding hydrogens is 186 g/mol. The van der Waals surface area contributed by atoms with Gasteiger partial charge in [0, 0.05) is 0 Å². The largest absolute Gasteiger partial charge is 0.507 e. The number of nitrogens with zero attached hydrogens (tertiary/aromatic N) is 1. The minimum Gasteiger partial charge on any atom is -0.507 e. The van der Waals surface area contributed by atoms with Gasteiger partial charge in [-0.3, -0.25) is 0 Å². The Kier molecular flexibility index (Phi) is 2.30. The lowest BCUT2D eigenvalue weighted by molar-refractivity contribution is 0.0690. The fraction of sp³-hybridized carbons (Fsp3) is 0.111. The van der Waals surface area contributed by atoms with Gasteiger partial charge in [0.25, 0.3) is 0 Å². The molecule has 0 spiro atoms. The first-order chi connectivity index (χ1) is 6.49. The van der Waals surface area contributed by atoms with Gasteiger partial charge in [-0.1, -0.05) is 0 Å². The van der Waals surface area contributed by atoms with Crippen LogP contribution in [0.5, 0.6) is 11.5 Å². The van der Waals surface area contributed by atoms with Crippen LogP contribution in [0.25, 0.3) is 0 Å². The van der Waals surface area contributed by atoms with E-state index in [1.54, 1.807) is 6.07 Å². The molecule has 0 atom stereocenters. The zero-order valence-corrected chi connectivity index (χ0v) is 7.27. The molecule has 1 aromatic carbocycles. The molecule has 5 heteroatoms. The smallest absolute Gasteiger partial charge is 0.343 e. The van der Waals surface area contributed by atoms with Crippen LogP contribution in [0.15, 0.2) is 6.07 Å². The van der Waals surface area contributed by atoms with E-state index in [1.807, 2.05) is 0 Å². The maximum atomic E-state index is 10.6. The predicted molar refractivity (Wildman–Crippen MR) is 46.2 cm³/mol. The number of carbonyl (C=O) groups is 1. The van der Waals surface area contributed by atoms with Crippen molar-refractivity contribution in [2.45, 2.75) is 6.92 Å². The van der Waals surface area contributed by atoms with Crippen LogP contribution < -0.4 is 0 Å². The average Bonchev–Trinajstić information content (AvgIpc) is 2.02. The van der Waals surface area contributed by atoms with Gasteiger partial charge in [-0.05, 0) is 18.6 Å². The van der Waals surface area contributed by atoms with Gasteiger partial charge >= 0.3 is 5.97 Å². The highest BCUT2D eigenvalue weighted by Crippen LogP contribution is 2.32. The summed E-state index contributed by atoms with van der Waals surface area (Å²) in [6, 6.07) is 2.79. The number of aromatic hydroxyl groups is 2. The number of carboxylic acid groups (broad SMARTS) is 1. The molecule has 0 heterocycles. The van der Waals surface area contributed by atoms with Gasteiger partial charge in [-0.25, -0.2) is 4.79 Å². The molecule has 0 aliphatic carbocycles. The normalized spacial score (nSPS) is 9.43. The van der Waals surface area contributed by atoms with Crippen molar-refractivity contribution in [1.82, 2.24) is 0 Å². The standard InChI is InChI=1S/C9H7NO4/c1-4-2-6(11)7(9(13)14)8(12)5(4)3-10/h2,11-12H,1H3,(H,13,14). The summed E-state index contributed by atoms with van der Waals surface area (Å²) in [4.78, 5) is 10.6. The van der Waals surface area contributed by atoms with Crippen LogP contribution in [-0.4, -0.2) is 21.3 Å². The molecular formula is C9H7NO4. The van der Waals surface area contributed by atoms with Crippen molar-refractivity contribution in [3.8, 4) is 17.6 Å². The highest BCUT2D eigenvalue weighted by atomic mass is 16.4. The van der Waals surface area contributed by atoms with Crippen molar-refractivity contribution in [3.63, 3.8) is 0 Å². The van der Waals surface area contributed by atoms with Gasteiger partial charge in [0.2, 0.25) is 0 Å². The molecule has 0 saturated heterocycles. The molecule has 0 saturated carbocycles. The van der Waals surface area contributed by atoms with E-state index in [4.69, 9.17) is 10.4 Å². The molecule has 5 nitrogen and oxygen atoms in total. The Bertz CT molecular complexity index is 445. The van der Waals surface area contributed by atoms with E-state index in [-0.39, 0.29) is 5.56 Å². The Balaban J connectivity index is 3.62. The molecule has 0 radical (unpaired) electrons. The monoisotopic (exact) mass is 193 g/mol. The van der Waals surface area contributed by atoms with Crippen LogP contribution >= 0.6 is 0 Å². The molecule has 0 amide bonds. The van der Waals surface area contributed by atoms with Crippen molar-refractivity contribution in [1.29, 1.82) is 5.26 Å². The Labute approximate surface area is 79.5 Å². The molecule has 0 fully saturated rings. The van der Waals surface area contributed by atoms with Crippen molar-refractivity contribution in [3.05, 3.63) is 22.8 Å². The summed E-state index contributed by atoms with van der Waals surface area (Å²) in [5.74, 6) is -2.72. The number of carboxylic acids is 1. The molecule has 0 unspecified atom stereocenters. The summed E-state index contributed by atoms with van der Waals surface area (Å²) in [6.45, 7) is 1.49. The molecule has 0 bridgehead atoms. The number of nitriles is 1. The molecule has 0 aliphatic rings. The number of hydrogen-bond donors (Lipinski definition) is 3. The second-order valence-electron chi connectivity index (χ2n) is 2.73. The second-order valence-corrected chi connectivity index (χ2v) is 2.73. The second kappa shape index (κ2) is 3.26. The summed E-state index contributed by atoms with van der Waals surface area (Å²) in [5.41, 5.74) is -0.458. The fourth-order valence-corrected chi connectivity index (χ4v) is 1.13. The van der Waals surface area contributed by atoms with Crippen molar-refractivity contribution < 1.29 is 20.1 Å². The van der Waals surface area contributed by atoms with E-state index in [1.165, 1.54) is 6.92 Å². The van der Waals surface area contributed by atoms with Crippen LogP contribution in [0.3, 0.4) is 0 Å². The maximum Gasteiger partial charge on any atom is 0.343 e. The van der Waals surface area contributed by atoms with Crippen LogP contribution in [-0.2, 0) is 0 Å². The van der Waals surface area contributed by atoms with E-state index in [0.717, 1.165) is 6.07 Å². The first-order valence-electron chi connectivity index (χ1n) is 3.68. The molecule has 1 rings (SSSR count). The highest BCUT2D eigenvalue weighted by molar-refractivity contribution is 5.95. The zero-order valence-electron chi connectivity index (χ0n) is 7.27. The molecule has 14 heavy (non-hydrogen) atoms. The van der Waals surface area contributed by atoms with Gasteiger partial charge in [0.15, 0.2) is 5.75 Å². The molecule has 72 valence electrons. The minimum atomic E-state index is -1.48. The number of benzene rings is 1. The Hall–Kier alpha value is -2.22. The van der Waals surface area contributed by atoms with Crippen molar-refractivity contribution in [2.24, 2.45) is 0 Å². The van der Waals surface area contributed by atoms with Gasteiger partial charge in [0.1, 0.15) is 17.4 Å². The third-order valence-corrected chi connectivity index (χ3v) is 1.80. The molecule has 0 aliphatic heterocycles. The Morgan fingerprint density at radius 1 is 1.50 bits per heavy atom. The van der Waals surface area contributed by atoms with Crippen molar-refractivity contribution >= 4 is 5.97 Å². The lowest BCUT2D eigenvalue weighted by Gasteiger charge is -2.06. The molecule has 1 aromatic rings. The first kappa shape index (κ1) is 9.86. The number of phenols is 2. The van der Waals surface area contributed by atoms with E-state index < -0.39 is 23.0 Å².